The molecule has 3 rings (SSSR count). The summed E-state index contributed by atoms with van der Waals surface area (Å²) in [5.41, 5.74) is 7.21. The predicted octanol–water partition coefficient (Wildman–Crippen LogP) is 3.50. The number of primary amides is 1. The van der Waals surface area contributed by atoms with Crippen molar-refractivity contribution in [2.24, 2.45) is 22.0 Å². The zero-order valence-corrected chi connectivity index (χ0v) is 16.1. The molecule has 0 spiro atoms. The first-order valence-corrected chi connectivity index (χ1v) is 9.03. The van der Waals surface area contributed by atoms with Gasteiger partial charge in [0, 0.05) is 22.6 Å². The van der Waals surface area contributed by atoms with Gasteiger partial charge in [0.1, 0.15) is 25.4 Å². The van der Waals surface area contributed by atoms with Crippen LogP contribution in [0.5, 0.6) is 0 Å². The van der Waals surface area contributed by atoms with Gasteiger partial charge in [0.05, 0.1) is 5.71 Å². The van der Waals surface area contributed by atoms with Crippen LogP contribution < -0.4 is 5.73 Å². The van der Waals surface area contributed by atoms with Gasteiger partial charge >= 0.3 is 0 Å². The molecule has 0 saturated heterocycles. The van der Waals surface area contributed by atoms with E-state index in [0.29, 0.717) is 23.3 Å². The Balaban J connectivity index is 1.68. The Labute approximate surface area is 167 Å². The fourth-order valence-electron chi connectivity index (χ4n) is 3.31. The van der Waals surface area contributed by atoms with E-state index in [2.05, 4.69) is 15.1 Å². The van der Waals surface area contributed by atoms with Gasteiger partial charge in [-0.25, -0.2) is 8.78 Å². The fourth-order valence-corrected chi connectivity index (χ4v) is 3.31. The second-order valence-corrected chi connectivity index (χ2v) is 6.73. The lowest BCUT2D eigenvalue weighted by atomic mass is 10.0. The van der Waals surface area contributed by atoms with E-state index in [-0.39, 0.29) is 29.7 Å². The van der Waals surface area contributed by atoms with E-state index in [1.54, 1.807) is 31.2 Å². The Hall–Kier alpha value is -3.29. The zero-order valence-electron chi connectivity index (χ0n) is 16.1. The molecule has 0 aliphatic heterocycles. The number of amides is 1. The highest BCUT2D eigenvalue weighted by Crippen LogP contribution is 2.49. The molecule has 1 aliphatic rings. The van der Waals surface area contributed by atoms with Crippen LogP contribution in [-0.2, 0) is 21.1 Å². The second-order valence-electron chi connectivity index (χ2n) is 6.73. The highest BCUT2D eigenvalue weighted by molar-refractivity contribution is 6.45. The third-order valence-corrected chi connectivity index (χ3v) is 4.81. The van der Waals surface area contributed by atoms with Gasteiger partial charge in [-0.2, -0.15) is 0 Å². The molecular weight excluding hydrogens is 380 g/mol. The average molecular weight is 401 g/mol. The number of nitrogens with two attached hydrogens (primary N) is 1. The molecule has 0 radical (unpaired) electrons. The smallest absolute Gasteiger partial charge is 0.271 e. The van der Waals surface area contributed by atoms with Gasteiger partial charge in [-0.1, -0.05) is 40.6 Å². The van der Waals surface area contributed by atoms with Crippen molar-refractivity contribution < 1.29 is 23.3 Å². The number of oxime groups is 2. The molecule has 8 heteroatoms. The summed E-state index contributed by atoms with van der Waals surface area (Å²) in [5, 5.41) is 7.77. The monoisotopic (exact) mass is 401 g/mol. The van der Waals surface area contributed by atoms with Crippen molar-refractivity contribution in [3.05, 3.63) is 70.8 Å². The minimum Gasteiger partial charge on any atom is -0.398 e. The van der Waals surface area contributed by atoms with Crippen LogP contribution in [0.15, 0.2) is 52.8 Å². The van der Waals surface area contributed by atoms with E-state index >= 15 is 0 Å². The van der Waals surface area contributed by atoms with Crippen LogP contribution in [0.2, 0.25) is 0 Å². The summed E-state index contributed by atoms with van der Waals surface area (Å²) in [5.74, 6) is -2.14. The van der Waals surface area contributed by atoms with Crippen LogP contribution in [0, 0.1) is 17.6 Å². The van der Waals surface area contributed by atoms with Gasteiger partial charge in [-0.3, -0.25) is 4.79 Å². The normalized spacial score (nSPS) is 19.0. The van der Waals surface area contributed by atoms with Gasteiger partial charge in [-0.05, 0) is 31.4 Å². The fraction of sp³-hybridized carbons (Fsp3) is 0.286. The van der Waals surface area contributed by atoms with Crippen molar-refractivity contribution in [1.29, 1.82) is 0 Å². The minimum absolute atomic E-state index is 0.0234. The molecule has 2 atom stereocenters. The summed E-state index contributed by atoms with van der Waals surface area (Å²) >= 11 is 0. The van der Waals surface area contributed by atoms with Crippen molar-refractivity contribution in [3.63, 3.8) is 0 Å². The number of benzene rings is 2. The zero-order chi connectivity index (χ0) is 21.0. The summed E-state index contributed by atoms with van der Waals surface area (Å²) in [6.45, 7) is 1.82. The number of halogens is 2. The number of hydrogen-bond donors (Lipinski definition) is 1. The van der Waals surface area contributed by atoms with Crippen LogP contribution in [0.4, 0.5) is 8.78 Å². The van der Waals surface area contributed by atoms with Gasteiger partial charge < -0.3 is 15.4 Å². The molecule has 1 fully saturated rings. The number of nitrogens with zero attached hydrogens (tertiary/aromatic N) is 2. The van der Waals surface area contributed by atoms with E-state index in [0.717, 1.165) is 0 Å². The molecule has 2 aromatic rings. The molecular formula is C21H21F2N3O3. The van der Waals surface area contributed by atoms with Gasteiger partial charge in [0.2, 0.25) is 0 Å². The quantitative estimate of drug-likeness (QED) is 0.543. The van der Waals surface area contributed by atoms with E-state index in [1.165, 1.54) is 25.3 Å². The maximum Gasteiger partial charge on any atom is 0.271 e. The molecule has 1 saturated carbocycles. The van der Waals surface area contributed by atoms with Gasteiger partial charge in [-0.15, -0.1) is 0 Å². The summed E-state index contributed by atoms with van der Waals surface area (Å²) in [4.78, 5) is 21.7. The van der Waals surface area contributed by atoms with E-state index in [9.17, 15) is 13.6 Å². The van der Waals surface area contributed by atoms with Crippen molar-refractivity contribution in [3.8, 4) is 0 Å². The highest BCUT2D eigenvalue weighted by atomic mass is 19.1. The third-order valence-electron chi connectivity index (χ3n) is 4.81. The minimum atomic E-state index is -0.730. The van der Waals surface area contributed by atoms with Crippen molar-refractivity contribution in [2.75, 3.05) is 7.11 Å². The molecule has 2 unspecified atom stereocenters. The lowest BCUT2D eigenvalue weighted by Crippen LogP contribution is -2.25. The van der Waals surface area contributed by atoms with Crippen molar-refractivity contribution in [2.45, 2.75) is 25.9 Å². The Morgan fingerprint density at radius 3 is 2.48 bits per heavy atom. The topological polar surface area (TPSA) is 86.3 Å². The lowest BCUT2D eigenvalue weighted by Gasteiger charge is -2.09. The summed E-state index contributed by atoms with van der Waals surface area (Å²) in [7, 11) is 1.32. The van der Waals surface area contributed by atoms with Crippen molar-refractivity contribution in [1.82, 2.24) is 0 Å². The standard InChI is InChI=1S/C21H21F2N3O3/c1-12(15-10-16(15)19-17(22)8-5-9-18(19)23)25-29-11-13-6-3-4-7-14(13)20(21(24)27)26-28-2/h3-9,15-16H,10-11H2,1-2H3,(H2,24,27). The Kier molecular flexibility index (Phi) is 6.21. The lowest BCUT2D eigenvalue weighted by molar-refractivity contribution is -0.112. The molecule has 0 bridgehead atoms. The van der Waals surface area contributed by atoms with Crippen LogP contribution in [0.3, 0.4) is 0 Å². The molecule has 0 heterocycles. The number of hydrogen-bond acceptors (Lipinski definition) is 5. The SMILES string of the molecule is CON=C(C(N)=O)c1ccccc1CON=C(C)C1CC1c1c(F)cccc1F. The Morgan fingerprint density at radius 2 is 1.83 bits per heavy atom. The Morgan fingerprint density at radius 1 is 1.14 bits per heavy atom. The van der Waals surface area contributed by atoms with Gasteiger partial charge in [0.15, 0.2) is 5.71 Å². The molecule has 1 amide bonds. The van der Waals surface area contributed by atoms with E-state index in [1.807, 2.05) is 0 Å². The number of rotatable bonds is 8. The molecule has 0 aromatic heterocycles. The molecule has 152 valence electrons. The average Bonchev–Trinajstić information content (AvgIpc) is 3.47. The second kappa shape index (κ2) is 8.81. The van der Waals surface area contributed by atoms with E-state index in [4.69, 9.17) is 10.6 Å². The van der Waals surface area contributed by atoms with Crippen molar-refractivity contribution >= 4 is 17.3 Å². The first-order chi connectivity index (χ1) is 13.9. The third kappa shape index (κ3) is 4.59. The maximum atomic E-state index is 13.9. The highest BCUT2D eigenvalue weighted by Gasteiger charge is 2.43. The van der Waals surface area contributed by atoms with E-state index < -0.39 is 17.5 Å². The van der Waals surface area contributed by atoms with Crippen LogP contribution in [0.25, 0.3) is 0 Å². The maximum absolute atomic E-state index is 13.9. The molecule has 29 heavy (non-hydrogen) atoms. The summed E-state index contributed by atoms with van der Waals surface area (Å²) in [6, 6.07) is 10.8. The molecule has 1 aliphatic carbocycles. The van der Waals surface area contributed by atoms with Gasteiger partial charge in [0.25, 0.3) is 5.91 Å². The largest absolute Gasteiger partial charge is 0.398 e. The predicted molar refractivity (Wildman–Crippen MR) is 104 cm³/mol. The van der Waals surface area contributed by atoms with Crippen LogP contribution in [0.1, 0.15) is 36.0 Å². The van der Waals surface area contributed by atoms with Crippen LogP contribution in [-0.4, -0.2) is 24.4 Å². The molecule has 6 nitrogen and oxygen atoms in total. The summed E-state index contributed by atoms with van der Waals surface area (Å²) < 4.78 is 27.9. The first-order valence-electron chi connectivity index (χ1n) is 9.03. The first kappa shape index (κ1) is 20.4. The number of carbonyl (C=O) groups excluding carboxylic acids is 1. The molecule has 2 N–H and O–H groups in total. The molecule has 2 aromatic carbocycles. The van der Waals surface area contributed by atoms with Crippen LogP contribution >= 0.6 is 0 Å². The Bertz CT molecular complexity index is 955. The number of carbonyl (C=O) groups is 1. The summed E-state index contributed by atoms with van der Waals surface area (Å²) in [6.07, 6.45) is 0.611.